The third kappa shape index (κ3) is 5.00. The molecule has 5 aromatic carbocycles. The monoisotopic (exact) mass is 638 g/mol. The average molecular weight is 639 g/mol. The highest BCUT2D eigenvalue weighted by Crippen LogP contribution is 2.42. The number of hydrogen-bond acceptors (Lipinski definition) is 4. The van der Waals surface area contributed by atoms with Gasteiger partial charge in [0.05, 0.1) is 28.7 Å². The van der Waals surface area contributed by atoms with Crippen molar-refractivity contribution in [3.8, 4) is 23.0 Å². The van der Waals surface area contributed by atoms with Gasteiger partial charge in [0, 0.05) is 59.9 Å². The van der Waals surface area contributed by atoms with Gasteiger partial charge < -0.3 is 19.1 Å². The van der Waals surface area contributed by atoms with E-state index in [2.05, 4.69) is 134 Å². The second kappa shape index (κ2) is 11.8. The van der Waals surface area contributed by atoms with Crippen molar-refractivity contribution in [1.82, 2.24) is 14.1 Å². The minimum Gasteiger partial charge on any atom is -0.457 e. The zero-order valence-electron chi connectivity index (χ0n) is 28.4. The molecule has 0 amide bonds. The van der Waals surface area contributed by atoms with Gasteiger partial charge in [-0.2, -0.15) is 0 Å². The van der Waals surface area contributed by atoms with E-state index in [1.165, 1.54) is 0 Å². The molecule has 49 heavy (non-hydrogen) atoms. The zero-order valence-corrected chi connectivity index (χ0v) is 27.4. The Morgan fingerprint density at radius 1 is 0.592 bits per heavy atom. The summed E-state index contributed by atoms with van der Waals surface area (Å²) in [5.41, 5.74) is 8.46. The Hall–Kier alpha value is -6.27. The minimum atomic E-state index is -0.778. The highest BCUT2D eigenvalue weighted by molar-refractivity contribution is 6.20. The third-order valence-corrected chi connectivity index (χ3v) is 9.31. The van der Waals surface area contributed by atoms with E-state index < -0.39 is 5.89 Å². The maximum Gasteiger partial charge on any atom is 0.137 e. The Balaban J connectivity index is 1.18. The lowest BCUT2D eigenvalue weighted by molar-refractivity contribution is 0.483. The molecule has 0 saturated heterocycles. The van der Waals surface area contributed by atoms with Gasteiger partial charge in [0.2, 0.25) is 0 Å². The van der Waals surface area contributed by atoms with Gasteiger partial charge in [-0.15, -0.1) is 0 Å². The number of rotatable bonds is 7. The smallest absolute Gasteiger partial charge is 0.137 e. The number of para-hydroxylation sites is 3. The van der Waals surface area contributed by atoms with E-state index in [0.29, 0.717) is 0 Å². The van der Waals surface area contributed by atoms with Gasteiger partial charge >= 0.3 is 0 Å². The molecule has 0 atom stereocenters. The summed E-state index contributed by atoms with van der Waals surface area (Å²) in [5.74, 6) is 1.47. The standard InChI is InChI=1S/C43H35N5O/c1-30(2)31-22-23-44-41(26-31)48-40-28-36(49-35-17-11-16-34(27-35)46-25-24-45(29-46)32-12-5-3-6-13-32)20-21-38(40)42-43(48)37-18-9-10-19-39(37)47(42)33-14-7-4-8-15-33/h3-28,30H,29H2,1-2H3/i30D. The molecule has 0 N–H and O–H groups in total. The van der Waals surface area contributed by atoms with Gasteiger partial charge in [-0.05, 0) is 78.2 Å². The maximum absolute atomic E-state index is 8.79. The average Bonchev–Trinajstić information content (AvgIpc) is 3.85. The van der Waals surface area contributed by atoms with Gasteiger partial charge in [0.25, 0.3) is 0 Å². The first-order valence-corrected chi connectivity index (χ1v) is 16.6. The van der Waals surface area contributed by atoms with Crippen LogP contribution in [0.1, 0.15) is 26.7 Å². The second-order valence-corrected chi connectivity index (χ2v) is 12.6. The second-order valence-electron chi connectivity index (χ2n) is 12.6. The fraction of sp³-hybridized carbons (Fsp3) is 0.0930. The van der Waals surface area contributed by atoms with Crippen LogP contribution in [0.25, 0.3) is 44.3 Å². The number of ether oxygens (including phenoxy) is 1. The number of fused-ring (bicyclic) bond motifs is 5. The Bertz CT molecular complexity index is 2550. The van der Waals surface area contributed by atoms with E-state index in [1.54, 1.807) is 0 Å². The predicted molar refractivity (Wildman–Crippen MR) is 201 cm³/mol. The molecule has 9 rings (SSSR count). The summed E-state index contributed by atoms with van der Waals surface area (Å²) in [5, 5.41) is 2.21. The molecule has 0 aliphatic carbocycles. The van der Waals surface area contributed by atoms with Crippen molar-refractivity contribution in [2.75, 3.05) is 16.5 Å². The Labute approximate surface area is 286 Å². The molecule has 1 aliphatic heterocycles. The number of nitrogens with zero attached hydrogens (tertiary/aromatic N) is 5. The first-order chi connectivity index (χ1) is 24.4. The van der Waals surface area contributed by atoms with E-state index >= 15 is 0 Å². The van der Waals surface area contributed by atoms with Crippen molar-refractivity contribution in [2.24, 2.45) is 0 Å². The lowest BCUT2D eigenvalue weighted by atomic mass is 10.1. The molecule has 0 bridgehead atoms. The summed E-state index contributed by atoms with van der Waals surface area (Å²) in [6.07, 6.45) is 6.01. The molecule has 0 fully saturated rings. The Morgan fingerprint density at radius 2 is 1.24 bits per heavy atom. The fourth-order valence-electron chi connectivity index (χ4n) is 6.95. The van der Waals surface area contributed by atoms with Crippen LogP contribution in [0.3, 0.4) is 0 Å². The van der Waals surface area contributed by atoms with E-state index in [4.69, 9.17) is 11.1 Å². The Kier molecular flexibility index (Phi) is 6.67. The summed E-state index contributed by atoms with van der Waals surface area (Å²) in [7, 11) is 0. The van der Waals surface area contributed by atoms with Crippen LogP contribution >= 0.6 is 0 Å². The van der Waals surface area contributed by atoms with E-state index in [9.17, 15) is 0 Å². The molecule has 6 nitrogen and oxygen atoms in total. The molecule has 3 aromatic heterocycles. The van der Waals surface area contributed by atoms with Crippen LogP contribution in [0.15, 0.2) is 158 Å². The zero-order chi connectivity index (χ0) is 33.8. The van der Waals surface area contributed by atoms with Crippen molar-refractivity contribution in [3.05, 3.63) is 164 Å². The molecule has 0 unspecified atom stereocenters. The topological polar surface area (TPSA) is 38.5 Å². The third-order valence-electron chi connectivity index (χ3n) is 9.31. The molecule has 8 aromatic rings. The van der Waals surface area contributed by atoms with Crippen LogP contribution in [0, 0.1) is 0 Å². The highest BCUT2D eigenvalue weighted by atomic mass is 16.5. The predicted octanol–water partition coefficient (Wildman–Crippen LogP) is 10.8. The molecule has 0 saturated carbocycles. The van der Waals surface area contributed by atoms with Crippen LogP contribution < -0.4 is 14.5 Å². The number of hydrogen-bond donors (Lipinski definition) is 0. The largest absolute Gasteiger partial charge is 0.457 e. The van der Waals surface area contributed by atoms with Crippen molar-refractivity contribution < 1.29 is 6.11 Å². The number of aromatic nitrogens is 3. The summed E-state index contributed by atoms with van der Waals surface area (Å²) < 4.78 is 20.0. The molecular weight excluding hydrogens is 603 g/mol. The molecule has 238 valence electrons. The van der Waals surface area contributed by atoms with E-state index in [-0.39, 0.29) is 0 Å². The number of benzene rings is 5. The lowest BCUT2D eigenvalue weighted by Crippen LogP contribution is -2.24. The maximum atomic E-state index is 8.79. The molecule has 0 spiro atoms. The summed E-state index contributed by atoms with van der Waals surface area (Å²) in [6, 6.07) is 47.9. The molecular formula is C43H35N5O. The van der Waals surface area contributed by atoms with Crippen molar-refractivity contribution in [1.29, 1.82) is 0 Å². The first-order valence-electron chi connectivity index (χ1n) is 17.1. The van der Waals surface area contributed by atoms with Crippen molar-refractivity contribution >= 4 is 44.2 Å². The minimum absolute atomic E-state index is 0.721. The van der Waals surface area contributed by atoms with Crippen LogP contribution in [-0.2, 0) is 0 Å². The van der Waals surface area contributed by atoms with Crippen LogP contribution in [0.5, 0.6) is 11.5 Å². The van der Waals surface area contributed by atoms with Gasteiger partial charge in [-0.3, -0.25) is 4.57 Å². The number of anilines is 2. The molecule has 0 radical (unpaired) electrons. The normalized spacial score (nSPS) is 13.6. The van der Waals surface area contributed by atoms with Crippen LogP contribution in [0.2, 0.25) is 0 Å². The first kappa shape index (κ1) is 27.8. The summed E-state index contributed by atoms with van der Waals surface area (Å²) in [4.78, 5) is 9.32. The highest BCUT2D eigenvalue weighted by Gasteiger charge is 2.23. The lowest BCUT2D eigenvalue weighted by Gasteiger charge is -2.22. The van der Waals surface area contributed by atoms with Crippen molar-refractivity contribution in [2.45, 2.75) is 19.7 Å². The van der Waals surface area contributed by atoms with Gasteiger partial charge in [0.1, 0.15) is 17.3 Å². The van der Waals surface area contributed by atoms with Crippen LogP contribution in [-0.4, -0.2) is 20.8 Å². The molecule has 4 heterocycles. The Morgan fingerprint density at radius 3 is 2.04 bits per heavy atom. The molecule has 1 aliphatic rings. The van der Waals surface area contributed by atoms with Gasteiger partial charge in [-0.25, -0.2) is 4.98 Å². The van der Waals surface area contributed by atoms with E-state index in [1.807, 2.05) is 56.4 Å². The van der Waals surface area contributed by atoms with Gasteiger partial charge in [-0.1, -0.05) is 74.5 Å². The van der Waals surface area contributed by atoms with Gasteiger partial charge in [0.15, 0.2) is 0 Å². The van der Waals surface area contributed by atoms with E-state index in [0.717, 1.165) is 79.5 Å². The molecule has 6 heteroatoms. The van der Waals surface area contributed by atoms with Crippen LogP contribution in [0.4, 0.5) is 11.4 Å². The summed E-state index contributed by atoms with van der Waals surface area (Å²) in [6.45, 7) is 4.54. The number of pyridine rings is 1. The summed E-state index contributed by atoms with van der Waals surface area (Å²) >= 11 is 0. The quantitative estimate of drug-likeness (QED) is 0.174. The fourth-order valence-corrected chi connectivity index (χ4v) is 6.95. The van der Waals surface area contributed by atoms with Crippen molar-refractivity contribution in [3.63, 3.8) is 0 Å². The SMILES string of the molecule is [2H]C(C)(C)c1ccnc(-n2c3cc(Oc4cccc(N5C=CN(c6ccccc6)C5)c4)ccc3c3c2c2ccccc2n3-c2ccccc2)c1.